The van der Waals surface area contributed by atoms with E-state index in [1.807, 2.05) is 0 Å². The van der Waals surface area contributed by atoms with E-state index >= 15 is 0 Å². The van der Waals surface area contributed by atoms with Crippen LogP contribution in [-0.4, -0.2) is 5.11 Å². The molecule has 94 valence electrons. The van der Waals surface area contributed by atoms with Gasteiger partial charge in [0.05, 0.1) is 6.10 Å². The molecule has 0 fully saturated rings. The fourth-order valence-corrected chi connectivity index (χ4v) is 2.43. The maximum absolute atomic E-state index is 13.6. The number of aliphatic hydroxyl groups excluding tert-OH is 1. The summed E-state index contributed by atoms with van der Waals surface area (Å²) in [4.78, 5) is 0. The zero-order valence-corrected chi connectivity index (χ0v) is 11.7. The van der Waals surface area contributed by atoms with Crippen LogP contribution in [0.4, 0.5) is 4.39 Å². The van der Waals surface area contributed by atoms with Gasteiger partial charge < -0.3 is 5.11 Å². The number of benzene rings is 2. The molecule has 0 heterocycles. The van der Waals surface area contributed by atoms with Gasteiger partial charge in [0.2, 0.25) is 0 Å². The normalized spacial score (nSPS) is 12.4. The summed E-state index contributed by atoms with van der Waals surface area (Å²) in [6.45, 7) is 0. The van der Waals surface area contributed by atoms with Crippen molar-refractivity contribution in [1.29, 1.82) is 0 Å². The summed E-state index contributed by atoms with van der Waals surface area (Å²) in [6.07, 6.45) is -0.628. The van der Waals surface area contributed by atoms with E-state index in [0.717, 1.165) is 4.47 Å². The van der Waals surface area contributed by atoms with E-state index in [9.17, 15) is 9.50 Å². The lowest BCUT2D eigenvalue weighted by atomic mass is 10.0. The molecule has 18 heavy (non-hydrogen) atoms. The van der Waals surface area contributed by atoms with Gasteiger partial charge in [0.25, 0.3) is 0 Å². The van der Waals surface area contributed by atoms with Crippen molar-refractivity contribution in [3.8, 4) is 0 Å². The summed E-state index contributed by atoms with van der Waals surface area (Å²) >= 11 is 9.28. The molecule has 1 nitrogen and oxygen atoms in total. The molecule has 2 aromatic rings. The van der Waals surface area contributed by atoms with Crippen molar-refractivity contribution in [2.75, 3.05) is 0 Å². The molecule has 0 aliphatic carbocycles. The van der Waals surface area contributed by atoms with Crippen LogP contribution in [0.25, 0.3) is 0 Å². The van der Waals surface area contributed by atoms with Crippen molar-refractivity contribution in [2.24, 2.45) is 0 Å². The summed E-state index contributed by atoms with van der Waals surface area (Å²) in [5.74, 6) is -0.329. The topological polar surface area (TPSA) is 20.2 Å². The highest BCUT2D eigenvalue weighted by Crippen LogP contribution is 2.27. The third-order valence-electron chi connectivity index (χ3n) is 2.69. The Morgan fingerprint density at radius 1 is 1.22 bits per heavy atom. The summed E-state index contributed by atoms with van der Waals surface area (Å²) in [7, 11) is 0. The van der Waals surface area contributed by atoms with Gasteiger partial charge in [-0.1, -0.05) is 45.7 Å². The van der Waals surface area contributed by atoms with E-state index in [2.05, 4.69) is 15.9 Å². The monoisotopic (exact) mass is 328 g/mol. The van der Waals surface area contributed by atoms with Gasteiger partial charge in [-0.15, -0.1) is 0 Å². The van der Waals surface area contributed by atoms with E-state index in [4.69, 9.17) is 11.6 Å². The summed E-state index contributed by atoms with van der Waals surface area (Å²) in [5, 5.41) is 10.6. The molecule has 0 aliphatic heterocycles. The third-order valence-corrected chi connectivity index (χ3v) is 3.52. The molecule has 1 N–H and O–H groups in total. The summed E-state index contributed by atoms with van der Waals surface area (Å²) < 4.78 is 14.4. The second-order valence-corrected chi connectivity index (χ2v) is 5.30. The minimum Gasteiger partial charge on any atom is -0.388 e. The molecule has 1 atom stereocenters. The number of hydrogen-bond acceptors (Lipinski definition) is 1. The van der Waals surface area contributed by atoms with Gasteiger partial charge >= 0.3 is 0 Å². The molecule has 4 heteroatoms. The molecule has 0 spiro atoms. The smallest absolute Gasteiger partial charge is 0.126 e. The van der Waals surface area contributed by atoms with Crippen LogP contribution in [0.1, 0.15) is 17.2 Å². The van der Waals surface area contributed by atoms with Crippen LogP contribution in [0.15, 0.2) is 46.9 Å². The van der Waals surface area contributed by atoms with Gasteiger partial charge in [0, 0.05) is 15.9 Å². The molecule has 0 saturated heterocycles. The van der Waals surface area contributed by atoms with Crippen LogP contribution in [0.2, 0.25) is 5.02 Å². The van der Waals surface area contributed by atoms with Gasteiger partial charge in [-0.05, 0) is 35.4 Å². The predicted octanol–water partition coefficient (Wildman–Crippen LogP) is 4.52. The van der Waals surface area contributed by atoms with Crippen molar-refractivity contribution in [2.45, 2.75) is 12.5 Å². The van der Waals surface area contributed by atoms with Crippen LogP contribution in [0, 0.1) is 5.82 Å². The first-order chi connectivity index (χ1) is 8.58. The van der Waals surface area contributed by atoms with E-state index in [1.54, 1.807) is 36.4 Å². The van der Waals surface area contributed by atoms with Gasteiger partial charge in [0.1, 0.15) is 5.82 Å². The fourth-order valence-electron chi connectivity index (χ4n) is 1.76. The van der Waals surface area contributed by atoms with E-state index in [-0.39, 0.29) is 12.2 Å². The quantitative estimate of drug-likeness (QED) is 0.878. The average Bonchev–Trinajstić information content (AvgIpc) is 2.34. The second-order valence-electron chi connectivity index (χ2n) is 3.98. The zero-order valence-electron chi connectivity index (χ0n) is 9.41. The molecule has 0 aromatic heterocycles. The predicted molar refractivity (Wildman–Crippen MR) is 74.2 cm³/mol. The highest BCUT2D eigenvalue weighted by atomic mass is 79.9. The molecule has 0 amide bonds. The minimum absolute atomic E-state index is 0.189. The van der Waals surface area contributed by atoms with E-state index < -0.39 is 6.10 Å². The number of halogens is 3. The maximum atomic E-state index is 13.6. The van der Waals surface area contributed by atoms with Gasteiger partial charge in [0.15, 0.2) is 0 Å². The molecule has 0 saturated carbocycles. The largest absolute Gasteiger partial charge is 0.388 e. The Morgan fingerprint density at radius 3 is 2.67 bits per heavy atom. The molecular formula is C14H11BrClFO. The molecular weight excluding hydrogens is 319 g/mol. The van der Waals surface area contributed by atoms with Crippen LogP contribution >= 0.6 is 27.5 Å². The fraction of sp³-hybridized carbons (Fsp3) is 0.143. The number of rotatable bonds is 3. The molecule has 1 unspecified atom stereocenters. The minimum atomic E-state index is -0.817. The Hall–Kier alpha value is -0.900. The molecule has 2 rings (SSSR count). The van der Waals surface area contributed by atoms with E-state index in [0.29, 0.717) is 16.1 Å². The van der Waals surface area contributed by atoms with Crippen molar-refractivity contribution in [3.05, 3.63) is 68.9 Å². The lowest BCUT2D eigenvalue weighted by Crippen LogP contribution is -2.04. The Morgan fingerprint density at radius 2 is 1.94 bits per heavy atom. The highest BCUT2D eigenvalue weighted by Gasteiger charge is 2.14. The Bertz CT molecular complexity index is 559. The molecule has 0 bridgehead atoms. The zero-order chi connectivity index (χ0) is 13.1. The van der Waals surface area contributed by atoms with Crippen LogP contribution in [0.5, 0.6) is 0 Å². The maximum Gasteiger partial charge on any atom is 0.126 e. The van der Waals surface area contributed by atoms with Crippen LogP contribution in [-0.2, 0) is 6.42 Å². The average molecular weight is 330 g/mol. The van der Waals surface area contributed by atoms with Gasteiger partial charge in [-0.3, -0.25) is 0 Å². The van der Waals surface area contributed by atoms with Gasteiger partial charge in [-0.25, -0.2) is 4.39 Å². The van der Waals surface area contributed by atoms with Crippen LogP contribution < -0.4 is 0 Å². The van der Waals surface area contributed by atoms with Gasteiger partial charge in [-0.2, -0.15) is 0 Å². The standard InChI is InChI=1S/C14H11BrClFO/c15-10-5-6-13(17)9(7-10)8-14(18)11-3-1-2-4-12(11)16/h1-7,14,18H,8H2. The first kappa shape index (κ1) is 13.5. The Balaban J connectivity index is 2.24. The van der Waals surface area contributed by atoms with Crippen LogP contribution in [0.3, 0.4) is 0 Å². The summed E-state index contributed by atoms with van der Waals surface area (Å²) in [5.41, 5.74) is 1.07. The lowest BCUT2D eigenvalue weighted by molar-refractivity contribution is 0.177. The number of hydrogen-bond donors (Lipinski definition) is 1. The number of aliphatic hydroxyl groups is 1. The highest BCUT2D eigenvalue weighted by molar-refractivity contribution is 9.10. The first-order valence-electron chi connectivity index (χ1n) is 5.44. The molecule has 2 aromatic carbocycles. The van der Waals surface area contributed by atoms with Crippen molar-refractivity contribution < 1.29 is 9.50 Å². The molecule has 0 aliphatic rings. The second kappa shape index (κ2) is 5.83. The summed E-state index contributed by atoms with van der Waals surface area (Å²) in [6, 6.07) is 11.7. The Labute approximate surface area is 118 Å². The van der Waals surface area contributed by atoms with Crippen molar-refractivity contribution >= 4 is 27.5 Å². The lowest BCUT2D eigenvalue weighted by Gasteiger charge is -2.13. The first-order valence-corrected chi connectivity index (χ1v) is 6.61. The SMILES string of the molecule is OC(Cc1cc(Br)ccc1F)c1ccccc1Cl. The Kier molecular flexibility index (Phi) is 4.38. The molecule has 0 radical (unpaired) electrons. The third kappa shape index (κ3) is 3.10. The van der Waals surface area contributed by atoms with Crippen molar-refractivity contribution in [3.63, 3.8) is 0 Å². The van der Waals surface area contributed by atoms with Crippen molar-refractivity contribution in [1.82, 2.24) is 0 Å². The van der Waals surface area contributed by atoms with E-state index in [1.165, 1.54) is 6.07 Å².